The normalized spacial score (nSPS) is 10.3. The number of carbonyl (C=O) groups excluding carboxylic acids is 1. The lowest BCUT2D eigenvalue weighted by atomic mass is 10.0. The SMILES string of the molecule is CCc1cccc(CC)c1NC(=O)NCc1ccco1. The van der Waals surface area contributed by atoms with Crippen molar-refractivity contribution in [2.75, 3.05) is 5.32 Å². The highest BCUT2D eigenvalue weighted by Gasteiger charge is 2.09. The molecule has 4 nitrogen and oxygen atoms in total. The third-order valence-electron chi connectivity index (χ3n) is 3.24. The van der Waals surface area contributed by atoms with Gasteiger partial charge in [-0.25, -0.2) is 4.79 Å². The van der Waals surface area contributed by atoms with Crippen molar-refractivity contribution in [3.8, 4) is 0 Å². The van der Waals surface area contributed by atoms with Gasteiger partial charge in [0.1, 0.15) is 5.76 Å². The first kappa shape index (κ1) is 14.2. The van der Waals surface area contributed by atoms with Crippen LogP contribution < -0.4 is 10.6 Å². The first-order valence-electron chi connectivity index (χ1n) is 6.92. The fraction of sp³-hybridized carbons (Fsp3) is 0.312. The van der Waals surface area contributed by atoms with Crippen LogP contribution in [0.4, 0.5) is 10.5 Å². The summed E-state index contributed by atoms with van der Waals surface area (Å²) < 4.78 is 5.18. The smallest absolute Gasteiger partial charge is 0.319 e. The molecule has 106 valence electrons. The molecule has 0 spiro atoms. The first-order valence-corrected chi connectivity index (χ1v) is 6.92. The molecule has 0 atom stereocenters. The maximum Gasteiger partial charge on any atom is 0.319 e. The predicted octanol–water partition coefficient (Wildman–Crippen LogP) is 3.73. The molecule has 4 heteroatoms. The minimum atomic E-state index is -0.211. The second-order valence-electron chi connectivity index (χ2n) is 4.55. The number of carbonyl (C=O) groups is 1. The van der Waals surface area contributed by atoms with E-state index in [2.05, 4.69) is 24.5 Å². The third kappa shape index (κ3) is 3.41. The Morgan fingerprint density at radius 2 is 1.80 bits per heavy atom. The summed E-state index contributed by atoms with van der Waals surface area (Å²) in [5.74, 6) is 0.736. The van der Waals surface area contributed by atoms with Gasteiger partial charge in [0.2, 0.25) is 0 Å². The van der Waals surface area contributed by atoms with Crippen LogP contribution in [0.25, 0.3) is 0 Å². The van der Waals surface area contributed by atoms with Gasteiger partial charge in [0.15, 0.2) is 0 Å². The van der Waals surface area contributed by atoms with Crippen LogP contribution in [0, 0.1) is 0 Å². The monoisotopic (exact) mass is 272 g/mol. The van der Waals surface area contributed by atoms with E-state index >= 15 is 0 Å². The van der Waals surface area contributed by atoms with E-state index in [4.69, 9.17) is 4.42 Å². The predicted molar refractivity (Wildman–Crippen MR) is 79.8 cm³/mol. The fourth-order valence-electron chi connectivity index (χ4n) is 2.14. The van der Waals surface area contributed by atoms with Crippen molar-refractivity contribution in [1.29, 1.82) is 0 Å². The second-order valence-corrected chi connectivity index (χ2v) is 4.55. The van der Waals surface area contributed by atoms with Gasteiger partial charge in [0.05, 0.1) is 12.8 Å². The molecule has 1 aromatic carbocycles. The highest BCUT2D eigenvalue weighted by Crippen LogP contribution is 2.22. The van der Waals surface area contributed by atoms with Crippen LogP contribution in [0.2, 0.25) is 0 Å². The lowest BCUT2D eigenvalue weighted by molar-refractivity contribution is 0.251. The molecule has 0 saturated heterocycles. The van der Waals surface area contributed by atoms with Gasteiger partial charge in [-0.1, -0.05) is 32.0 Å². The molecule has 2 rings (SSSR count). The van der Waals surface area contributed by atoms with E-state index in [1.54, 1.807) is 12.3 Å². The number of furan rings is 1. The highest BCUT2D eigenvalue weighted by molar-refractivity contribution is 5.91. The molecule has 0 saturated carbocycles. The van der Waals surface area contributed by atoms with Crippen LogP contribution >= 0.6 is 0 Å². The number of anilines is 1. The van der Waals surface area contributed by atoms with Crippen LogP contribution in [0.3, 0.4) is 0 Å². The van der Waals surface area contributed by atoms with E-state index in [0.717, 1.165) is 35.4 Å². The van der Waals surface area contributed by atoms with Crippen LogP contribution in [0.5, 0.6) is 0 Å². The van der Waals surface area contributed by atoms with E-state index in [0.29, 0.717) is 6.54 Å². The van der Waals surface area contributed by atoms with Crippen molar-refractivity contribution in [3.63, 3.8) is 0 Å². The maximum atomic E-state index is 12.0. The first-order chi connectivity index (χ1) is 9.74. The number of amides is 2. The molecule has 0 fully saturated rings. The minimum Gasteiger partial charge on any atom is -0.467 e. The Morgan fingerprint density at radius 3 is 2.35 bits per heavy atom. The molecular weight excluding hydrogens is 252 g/mol. The topological polar surface area (TPSA) is 54.3 Å². The second kappa shape index (κ2) is 6.80. The summed E-state index contributed by atoms with van der Waals surface area (Å²) in [6.07, 6.45) is 3.37. The zero-order valence-corrected chi connectivity index (χ0v) is 11.9. The van der Waals surface area contributed by atoms with Crippen LogP contribution in [0.1, 0.15) is 30.7 Å². The van der Waals surface area contributed by atoms with Gasteiger partial charge in [0, 0.05) is 5.69 Å². The van der Waals surface area contributed by atoms with Crippen LogP contribution in [-0.2, 0) is 19.4 Å². The van der Waals surface area contributed by atoms with Gasteiger partial charge in [0.25, 0.3) is 0 Å². The Kier molecular flexibility index (Phi) is 4.82. The van der Waals surface area contributed by atoms with Gasteiger partial charge >= 0.3 is 6.03 Å². The van der Waals surface area contributed by atoms with Crippen molar-refractivity contribution in [2.24, 2.45) is 0 Å². The molecule has 0 radical (unpaired) electrons. The largest absolute Gasteiger partial charge is 0.467 e. The van der Waals surface area contributed by atoms with E-state index < -0.39 is 0 Å². The van der Waals surface area contributed by atoms with E-state index in [1.165, 1.54) is 0 Å². The van der Waals surface area contributed by atoms with Crippen LogP contribution in [0.15, 0.2) is 41.0 Å². The number of hydrogen-bond donors (Lipinski definition) is 2. The molecule has 0 aliphatic rings. The number of para-hydroxylation sites is 1. The van der Waals surface area contributed by atoms with Crippen molar-refractivity contribution >= 4 is 11.7 Å². The van der Waals surface area contributed by atoms with Gasteiger partial charge in [-0.05, 0) is 36.1 Å². The summed E-state index contributed by atoms with van der Waals surface area (Å²) in [6.45, 7) is 4.55. The van der Waals surface area contributed by atoms with Gasteiger partial charge in [-0.3, -0.25) is 0 Å². The molecule has 2 N–H and O–H groups in total. The molecular formula is C16H20N2O2. The Labute approximate surface area is 119 Å². The fourth-order valence-corrected chi connectivity index (χ4v) is 2.14. The average molecular weight is 272 g/mol. The Bertz CT molecular complexity index is 540. The van der Waals surface area contributed by atoms with E-state index in [1.807, 2.05) is 24.3 Å². The number of benzene rings is 1. The maximum absolute atomic E-state index is 12.0. The summed E-state index contributed by atoms with van der Waals surface area (Å²) in [5.41, 5.74) is 3.23. The molecule has 2 aromatic rings. The standard InChI is InChI=1S/C16H20N2O2/c1-3-12-7-5-8-13(4-2)15(12)18-16(19)17-11-14-9-6-10-20-14/h5-10H,3-4,11H2,1-2H3,(H2,17,18,19). The summed E-state index contributed by atoms with van der Waals surface area (Å²) in [7, 11) is 0. The van der Waals surface area contributed by atoms with E-state index in [-0.39, 0.29) is 6.03 Å². The van der Waals surface area contributed by atoms with Gasteiger partial charge in [-0.2, -0.15) is 0 Å². The highest BCUT2D eigenvalue weighted by atomic mass is 16.3. The summed E-state index contributed by atoms with van der Waals surface area (Å²) in [4.78, 5) is 12.0. The Morgan fingerprint density at radius 1 is 1.10 bits per heavy atom. The number of hydrogen-bond acceptors (Lipinski definition) is 2. The molecule has 1 aromatic heterocycles. The molecule has 0 aliphatic heterocycles. The summed E-state index contributed by atoms with van der Waals surface area (Å²) in [6, 6.07) is 9.54. The zero-order valence-electron chi connectivity index (χ0n) is 11.9. The molecule has 0 unspecified atom stereocenters. The van der Waals surface area contributed by atoms with Gasteiger partial charge < -0.3 is 15.1 Å². The molecule has 2 amide bonds. The summed E-state index contributed by atoms with van der Waals surface area (Å²) in [5, 5.41) is 5.74. The summed E-state index contributed by atoms with van der Waals surface area (Å²) >= 11 is 0. The third-order valence-corrected chi connectivity index (χ3v) is 3.24. The molecule has 20 heavy (non-hydrogen) atoms. The molecule has 1 heterocycles. The lowest BCUT2D eigenvalue weighted by Gasteiger charge is -2.14. The Balaban J connectivity index is 2.03. The molecule has 0 bridgehead atoms. The number of urea groups is 1. The Hall–Kier alpha value is -2.23. The van der Waals surface area contributed by atoms with E-state index in [9.17, 15) is 4.79 Å². The number of nitrogens with one attached hydrogen (secondary N) is 2. The van der Waals surface area contributed by atoms with Gasteiger partial charge in [-0.15, -0.1) is 0 Å². The average Bonchev–Trinajstić information content (AvgIpc) is 2.98. The quantitative estimate of drug-likeness (QED) is 0.871. The lowest BCUT2D eigenvalue weighted by Crippen LogP contribution is -2.29. The molecule has 0 aliphatic carbocycles. The van der Waals surface area contributed by atoms with Crippen molar-refractivity contribution in [2.45, 2.75) is 33.2 Å². The zero-order chi connectivity index (χ0) is 14.4. The van der Waals surface area contributed by atoms with Crippen molar-refractivity contribution in [3.05, 3.63) is 53.5 Å². The van der Waals surface area contributed by atoms with Crippen molar-refractivity contribution < 1.29 is 9.21 Å². The van der Waals surface area contributed by atoms with Crippen LogP contribution in [-0.4, -0.2) is 6.03 Å². The van der Waals surface area contributed by atoms with Crippen molar-refractivity contribution in [1.82, 2.24) is 5.32 Å². The number of rotatable bonds is 5. The number of aryl methyl sites for hydroxylation is 2. The minimum absolute atomic E-state index is 0.211.